The number of nitriles is 1. The zero-order valence-electron chi connectivity index (χ0n) is 11.1. The summed E-state index contributed by atoms with van der Waals surface area (Å²) in [5.41, 5.74) is 1.42. The van der Waals surface area contributed by atoms with Crippen molar-refractivity contribution in [2.24, 2.45) is 0 Å². The number of nitrogens with zero attached hydrogens (tertiary/aromatic N) is 2. The number of carbonyl (C=O) groups is 1. The van der Waals surface area contributed by atoms with Gasteiger partial charge < -0.3 is 4.90 Å². The van der Waals surface area contributed by atoms with Crippen LogP contribution < -0.4 is 4.90 Å². The Morgan fingerprint density at radius 2 is 2.15 bits per heavy atom. The number of anilines is 1. The third-order valence-electron chi connectivity index (χ3n) is 3.16. The van der Waals surface area contributed by atoms with Gasteiger partial charge in [-0.25, -0.2) is 0 Å². The van der Waals surface area contributed by atoms with Crippen LogP contribution in [0.5, 0.6) is 0 Å². The molecule has 2 rings (SSSR count). The van der Waals surface area contributed by atoms with Gasteiger partial charge in [0, 0.05) is 12.7 Å². The van der Waals surface area contributed by atoms with Crippen LogP contribution in [-0.4, -0.2) is 18.9 Å². The maximum Gasteiger partial charge on any atom is 0.194 e. The van der Waals surface area contributed by atoms with Crippen LogP contribution in [0, 0.1) is 11.3 Å². The van der Waals surface area contributed by atoms with Crippen LogP contribution in [0.3, 0.4) is 0 Å². The Labute approximate surface area is 127 Å². The molecule has 1 aromatic carbocycles. The lowest BCUT2D eigenvalue weighted by Gasteiger charge is -2.25. The van der Waals surface area contributed by atoms with Crippen molar-refractivity contribution >= 4 is 34.4 Å². The maximum atomic E-state index is 12.4. The van der Waals surface area contributed by atoms with E-state index in [4.69, 9.17) is 16.9 Å². The van der Waals surface area contributed by atoms with E-state index < -0.39 is 0 Å². The Bertz CT molecular complexity index is 675. The summed E-state index contributed by atoms with van der Waals surface area (Å²) in [6.07, 6.45) is 0. The average molecular weight is 305 g/mol. The summed E-state index contributed by atoms with van der Waals surface area (Å²) in [6.45, 7) is 1.84. The van der Waals surface area contributed by atoms with Gasteiger partial charge in [-0.3, -0.25) is 4.79 Å². The fourth-order valence-electron chi connectivity index (χ4n) is 1.85. The zero-order valence-corrected chi connectivity index (χ0v) is 12.7. The summed E-state index contributed by atoms with van der Waals surface area (Å²) >= 11 is 7.14. The molecule has 0 radical (unpaired) electrons. The van der Waals surface area contributed by atoms with Crippen molar-refractivity contribution in [1.82, 2.24) is 0 Å². The summed E-state index contributed by atoms with van der Waals surface area (Å²) in [5.74, 6) is 0.0201. The van der Waals surface area contributed by atoms with E-state index in [1.165, 1.54) is 11.3 Å². The van der Waals surface area contributed by atoms with Gasteiger partial charge >= 0.3 is 0 Å². The van der Waals surface area contributed by atoms with Crippen LogP contribution in [0.2, 0.25) is 4.34 Å². The minimum Gasteiger partial charge on any atom is -0.364 e. The summed E-state index contributed by atoms with van der Waals surface area (Å²) < 4.78 is 0.606. The van der Waals surface area contributed by atoms with E-state index in [1.54, 1.807) is 24.3 Å². The summed E-state index contributed by atoms with van der Waals surface area (Å²) in [6, 6.07) is 12.4. The van der Waals surface area contributed by atoms with Gasteiger partial charge in [0.2, 0.25) is 0 Å². The molecule has 1 unspecified atom stereocenters. The molecule has 1 aromatic heterocycles. The number of likely N-dealkylation sites (N-methyl/N-ethyl adjacent to an activating group) is 1. The van der Waals surface area contributed by atoms with Crippen LogP contribution in [0.15, 0.2) is 36.4 Å². The number of Topliss-reactive ketones (excluding diaryl/α,β-unsaturated/α-hetero) is 1. The Kier molecular flexibility index (Phi) is 4.43. The van der Waals surface area contributed by atoms with Crippen molar-refractivity contribution in [3.05, 3.63) is 51.2 Å². The minimum absolute atomic E-state index is 0.0201. The van der Waals surface area contributed by atoms with Crippen LogP contribution in [0.1, 0.15) is 22.2 Å². The number of hydrogen-bond donors (Lipinski definition) is 0. The van der Waals surface area contributed by atoms with Crippen molar-refractivity contribution in [2.75, 3.05) is 11.9 Å². The van der Waals surface area contributed by atoms with E-state index >= 15 is 0 Å². The number of benzene rings is 1. The number of thiophene rings is 1. The van der Waals surface area contributed by atoms with Crippen LogP contribution in [-0.2, 0) is 0 Å². The zero-order chi connectivity index (χ0) is 14.7. The highest BCUT2D eigenvalue weighted by atomic mass is 35.5. The molecule has 0 N–H and O–H groups in total. The van der Waals surface area contributed by atoms with Gasteiger partial charge in [-0.05, 0) is 37.3 Å². The van der Waals surface area contributed by atoms with Gasteiger partial charge in [-0.15, -0.1) is 11.3 Å². The molecule has 3 nitrogen and oxygen atoms in total. The molecule has 0 bridgehead atoms. The normalized spacial score (nSPS) is 11.7. The second-order valence-electron chi connectivity index (χ2n) is 4.42. The Morgan fingerprint density at radius 1 is 1.40 bits per heavy atom. The second kappa shape index (κ2) is 6.08. The molecule has 1 heterocycles. The van der Waals surface area contributed by atoms with Gasteiger partial charge in [0.15, 0.2) is 5.78 Å². The third-order valence-corrected chi connectivity index (χ3v) is 4.40. The SMILES string of the molecule is CC(C(=O)c1ccc(Cl)s1)N(C)c1cccc(C#N)c1. The molecule has 0 saturated heterocycles. The molecule has 0 spiro atoms. The highest BCUT2D eigenvalue weighted by Crippen LogP contribution is 2.25. The molecular weight excluding hydrogens is 292 g/mol. The molecule has 0 aliphatic rings. The molecule has 2 aromatic rings. The predicted molar refractivity (Wildman–Crippen MR) is 82.7 cm³/mol. The maximum absolute atomic E-state index is 12.4. The highest BCUT2D eigenvalue weighted by Gasteiger charge is 2.21. The number of carbonyl (C=O) groups excluding carboxylic acids is 1. The fourth-order valence-corrected chi connectivity index (χ4v) is 2.91. The first-order chi connectivity index (χ1) is 9.52. The summed E-state index contributed by atoms with van der Waals surface area (Å²) in [7, 11) is 1.84. The highest BCUT2D eigenvalue weighted by molar-refractivity contribution is 7.18. The first-order valence-electron chi connectivity index (χ1n) is 6.05. The molecule has 20 heavy (non-hydrogen) atoms. The standard InChI is InChI=1S/C15H13ClN2OS/c1-10(15(19)13-6-7-14(16)20-13)18(2)12-5-3-4-11(8-12)9-17/h3-8,10H,1-2H3. The van der Waals surface area contributed by atoms with Gasteiger partial charge in [0.05, 0.1) is 26.9 Å². The lowest BCUT2D eigenvalue weighted by molar-refractivity contribution is 0.0970. The Hall–Kier alpha value is -1.83. The Balaban J connectivity index is 2.21. The van der Waals surface area contributed by atoms with E-state index in [0.29, 0.717) is 14.8 Å². The van der Waals surface area contributed by atoms with Crippen LogP contribution in [0.25, 0.3) is 0 Å². The first kappa shape index (κ1) is 14.6. The molecular formula is C15H13ClN2OS. The van der Waals surface area contributed by atoms with Crippen molar-refractivity contribution < 1.29 is 4.79 Å². The monoisotopic (exact) mass is 304 g/mol. The molecule has 1 atom stereocenters. The second-order valence-corrected chi connectivity index (χ2v) is 6.13. The largest absolute Gasteiger partial charge is 0.364 e. The smallest absolute Gasteiger partial charge is 0.194 e. The molecule has 0 fully saturated rings. The lowest BCUT2D eigenvalue weighted by atomic mass is 10.1. The topological polar surface area (TPSA) is 44.1 Å². The molecule has 0 aliphatic carbocycles. The number of rotatable bonds is 4. The Morgan fingerprint density at radius 3 is 2.75 bits per heavy atom. The van der Waals surface area contributed by atoms with E-state index in [2.05, 4.69) is 6.07 Å². The van der Waals surface area contributed by atoms with E-state index in [0.717, 1.165) is 5.69 Å². The van der Waals surface area contributed by atoms with Crippen molar-refractivity contribution in [1.29, 1.82) is 5.26 Å². The van der Waals surface area contributed by atoms with Gasteiger partial charge in [0.25, 0.3) is 0 Å². The molecule has 5 heteroatoms. The average Bonchev–Trinajstić information content (AvgIpc) is 2.91. The lowest BCUT2D eigenvalue weighted by Crippen LogP contribution is -2.35. The summed E-state index contributed by atoms with van der Waals surface area (Å²) in [5, 5.41) is 8.92. The molecule has 0 amide bonds. The molecule has 0 aliphatic heterocycles. The number of ketones is 1. The van der Waals surface area contributed by atoms with E-state index in [9.17, 15) is 4.79 Å². The van der Waals surface area contributed by atoms with Crippen LogP contribution in [0.4, 0.5) is 5.69 Å². The number of halogens is 1. The van der Waals surface area contributed by atoms with E-state index in [1.807, 2.05) is 31.0 Å². The third kappa shape index (κ3) is 3.01. The van der Waals surface area contributed by atoms with E-state index in [-0.39, 0.29) is 11.8 Å². The predicted octanol–water partition coefficient (Wildman–Crippen LogP) is 3.98. The van der Waals surface area contributed by atoms with Gasteiger partial charge in [0.1, 0.15) is 0 Å². The first-order valence-corrected chi connectivity index (χ1v) is 7.25. The van der Waals surface area contributed by atoms with Crippen LogP contribution >= 0.6 is 22.9 Å². The number of hydrogen-bond acceptors (Lipinski definition) is 4. The molecule has 102 valence electrons. The van der Waals surface area contributed by atoms with Gasteiger partial charge in [-0.2, -0.15) is 5.26 Å². The quantitative estimate of drug-likeness (QED) is 0.802. The fraction of sp³-hybridized carbons (Fsp3) is 0.200. The summed E-state index contributed by atoms with van der Waals surface area (Å²) in [4.78, 5) is 14.9. The van der Waals surface area contributed by atoms with Crippen molar-refractivity contribution in [3.63, 3.8) is 0 Å². The molecule has 0 saturated carbocycles. The minimum atomic E-state index is -0.321. The van der Waals surface area contributed by atoms with Crippen molar-refractivity contribution in [3.8, 4) is 6.07 Å². The van der Waals surface area contributed by atoms with Crippen molar-refractivity contribution in [2.45, 2.75) is 13.0 Å². The van der Waals surface area contributed by atoms with Gasteiger partial charge in [-0.1, -0.05) is 17.7 Å².